The Balaban J connectivity index is 2.21. The summed E-state index contributed by atoms with van der Waals surface area (Å²) in [6.45, 7) is 0. The molecule has 1 aliphatic carbocycles. The van der Waals surface area contributed by atoms with E-state index in [1.54, 1.807) is 0 Å². The third-order valence-corrected chi connectivity index (χ3v) is 2.46. The first-order chi connectivity index (χ1) is 6.43. The molecule has 2 heteroatoms. The standard InChI is InChI=1S/C11H9N2/c1-2-8(3-1)10-6-9-4-5-12-7-11(9)13-10/h4-7,13H,1-2H2. The van der Waals surface area contributed by atoms with Gasteiger partial charge >= 0.3 is 0 Å². The molecule has 2 nitrogen and oxygen atoms in total. The molecule has 0 spiro atoms. The molecule has 3 rings (SSSR count). The monoisotopic (exact) mass is 169 g/mol. The summed E-state index contributed by atoms with van der Waals surface area (Å²) in [6, 6.07) is 4.19. The molecule has 13 heavy (non-hydrogen) atoms. The number of nitrogens with zero attached hydrogens (tertiary/aromatic N) is 1. The largest absolute Gasteiger partial charge is 0.354 e. The highest BCUT2D eigenvalue weighted by Crippen LogP contribution is 2.29. The fraction of sp³-hybridized carbons (Fsp3) is 0.182. The number of aromatic amines is 1. The molecule has 1 aliphatic rings. The lowest BCUT2D eigenvalue weighted by atomic mass is 9.96. The first kappa shape index (κ1) is 6.89. The maximum Gasteiger partial charge on any atom is 0.0645 e. The van der Waals surface area contributed by atoms with Crippen LogP contribution in [0.5, 0.6) is 0 Å². The van der Waals surface area contributed by atoms with Gasteiger partial charge in [0.05, 0.1) is 11.7 Å². The second-order valence-electron chi connectivity index (χ2n) is 3.30. The quantitative estimate of drug-likeness (QED) is 0.698. The predicted octanol–water partition coefficient (Wildman–Crippen LogP) is 2.54. The molecular formula is C11H9N2. The number of fused-ring (bicyclic) bond motifs is 1. The molecule has 0 amide bonds. The minimum atomic E-state index is 1.10. The lowest BCUT2D eigenvalue weighted by Gasteiger charge is -2.10. The van der Waals surface area contributed by atoms with Crippen LogP contribution in [0.25, 0.3) is 16.5 Å². The van der Waals surface area contributed by atoms with Crippen molar-refractivity contribution >= 4 is 16.5 Å². The van der Waals surface area contributed by atoms with Crippen LogP contribution in [0.3, 0.4) is 0 Å². The number of rotatable bonds is 1. The molecule has 0 bridgehead atoms. The van der Waals surface area contributed by atoms with Crippen LogP contribution in [0.1, 0.15) is 18.5 Å². The van der Waals surface area contributed by atoms with Gasteiger partial charge in [0.2, 0.25) is 0 Å². The van der Waals surface area contributed by atoms with Gasteiger partial charge in [-0.15, -0.1) is 0 Å². The zero-order valence-electron chi connectivity index (χ0n) is 7.17. The normalized spacial score (nSPS) is 15.5. The minimum Gasteiger partial charge on any atom is -0.354 e. The first-order valence-corrected chi connectivity index (χ1v) is 4.46. The van der Waals surface area contributed by atoms with Crippen LogP contribution >= 0.6 is 0 Å². The highest BCUT2D eigenvalue weighted by atomic mass is 14.8. The molecule has 2 heterocycles. The van der Waals surface area contributed by atoms with Crippen LogP contribution in [0.2, 0.25) is 0 Å². The SMILES string of the molecule is [C]1=C(c2cc3ccncc3[nH]2)CC1. The van der Waals surface area contributed by atoms with Crippen molar-refractivity contribution in [2.24, 2.45) is 0 Å². The Morgan fingerprint density at radius 1 is 1.46 bits per heavy atom. The summed E-state index contributed by atoms with van der Waals surface area (Å²) in [6.07, 6.45) is 9.22. The van der Waals surface area contributed by atoms with Gasteiger partial charge in [-0.1, -0.05) is 0 Å². The highest BCUT2D eigenvalue weighted by Gasteiger charge is 2.10. The van der Waals surface area contributed by atoms with E-state index in [1.165, 1.54) is 16.7 Å². The van der Waals surface area contributed by atoms with E-state index in [-0.39, 0.29) is 0 Å². The minimum absolute atomic E-state index is 1.10. The van der Waals surface area contributed by atoms with Crippen molar-refractivity contribution in [1.29, 1.82) is 0 Å². The molecular weight excluding hydrogens is 160 g/mol. The van der Waals surface area contributed by atoms with Crippen molar-refractivity contribution in [2.45, 2.75) is 12.8 Å². The Labute approximate surface area is 76.3 Å². The van der Waals surface area contributed by atoms with Crippen molar-refractivity contribution in [3.05, 3.63) is 36.3 Å². The number of pyridine rings is 1. The molecule has 0 unspecified atom stereocenters. The van der Waals surface area contributed by atoms with E-state index < -0.39 is 0 Å². The molecule has 0 saturated carbocycles. The molecule has 0 aliphatic heterocycles. The lowest BCUT2D eigenvalue weighted by molar-refractivity contribution is 0.947. The molecule has 0 saturated heterocycles. The van der Waals surface area contributed by atoms with Crippen molar-refractivity contribution in [3.8, 4) is 0 Å². The summed E-state index contributed by atoms with van der Waals surface area (Å²) in [7, 11) is 0. The number of hydrogen-bond acceptors (Lipinski definition) is 1. The zero-order chi connectivity index (χ0) is 8.67. The van der Waals surface area contributed by atoms with Gasteiger partial charge in [0, 0.05) is 17.3 Å². The third-order valence-electron chi connectivity index (χ3n) is 2.46. The highest BCUT2D eigenvalue weighted by molar-refractivity contribution is 5.84. The third kappa shape index (κ3) is 0.985. The summed E-state index contributed by atoms with van der Waals surface area (Å²) in [4.78, 5) is 7.40. The number of hydrogen-bond donors (Lipinski definition) is 1. The summed E-state index contributed by atoms with van der Waals surface area (Å²) in [5.41, 5.74) is 3.63. The summed E-state index contributed by atoms with van der Waals surface area (Å²) >= 11 is 0. The van der Waals surface area contributed by atoms with Crippen LogP contribution in [0.15, 0.2) is 24.5 Å². The van der Waals surface area contributed by atoms with Gasteiger partial charge in [0.1, 0.15) is 0 Å². The Hall–Kier alpha value is -1.57. The molecule has 0 atom stereocenters. The van der Waals surface area contributed by atoms with Crippen molar-refractivity contribution < 1.29 is 0 Å². The van der Waals surface area contributed by atoms with Gasteiger partial charge in [-0.2, -0.15) is 0 Å². The molecule has 0 fully saturated rings. The van der Waals surface area contributed by atoms with E-state index in [9.17, 15) is 0 Å². The molecule has 0 aromatic carbocycles. The van der Waals surface area contributed by atoms with Gasteiger partial charge < -0.3 is 4.98 Å². The summed E-state index contributed by atoms with van der Waals surface area (Å²) in [5.74, 6) is 0. The van der Waals surface area contributed by atoms with E-state index in [0.717, 1.165) is 18.4 Å². The maximum absolute atomic E-state index is 4.07. The Morgan fingerprint density at radius 3 is 3.08 bits per heavy atom. The van der Waals surface area contributed by atoms with Crippen molar-refractivity contribution in [1.82, 2.24) is 9.97 Å². The topological polar surface area (TPSA) is 28.7 Å². The van der Waals surface area contributed by atoms with Crippen molar-refractivity contribution in [2.75, 3.05) is 0 Å². The Kier molecular flexibility index (Phi) is 1.30. The summed E-state index contributed by atoms with van der Waals surface area (Å²) in [5, 5.41) is 1.23. The number of aromatic nitrogens is 2. The van der Waals surface area contributed by atoms with Crippen LogP contribution < -0.4 is 0 Å². The van der Waals surface area contributed by atoms with Gasteiger partial charge in [-0.25, -0.2) is 0 Å². The van der Waals surface area contributed by atoms with Crippen LogP contribution in [-0.4, -0.2) is 9.97 Å². The number of allylic oxidation sites excluding steroid dienone is 2. The molecule has 1 radical (unpaired) electrons. The maximum atomic E-state index is 4.07. The molecule has 2 aromatic heterocycles. The predicted molar refractivity (Wildman–Crippen MR) is 52.0 cm³/mol. The van der Waals surface area contributed by atoms with E-state index in [4.69, 9.17) is 0 Å². The molecule has 63 valence electrons. The fourth-order valence-electron chi connectivity index (χ4n) is 1.61. The van der Waals surface area contributed by atoms with Crippen molar-refractivity contribution in [3.63, 3.8) is 0 Å². The Bertz CT molecular complexity index is 447. The van der Waals surface area contributed by atoms with Crippen LogP contribution in [0.4, 0.5) is 0 Å². The number of H-pyrrole nitrogens is 1. The Morgan fingerprint density at radius 2 is 2.38 bits per heavy atom. The van der Waals surface area contributed by atoms with Crippen LogP contribution in [0, 0.1) is 6.08 Å². The average molecular weight is 169 g/mol. The summed E-state index contributed by atoms with van der Waals surface area (Å²) < 4.78 is 0. The van der Waals surface area contributed by atoms with Gasteiger partial charge in [-0.05, 0) is 36.6 Å². The first-order valence-electron chi connectivity index (χ1n) is 4.46. The second-order valence-corrected chi connectivity index (χ2v) is 3.30. The zero-order valence-corrected chi connectivity index (χ0v) is 7.17. The van der Waals surface area contributed by atoms with E-state index in [0.29, 0.717) is 0 Å². The molecule has 1 N–H and O–H groups in total. The molecule has 2 aromatic rings. The van der Waals surface area contributed by atoms with E-state index in [1.807, 2.05) is 18.5 Å². The second kappa shape index (κ2) is 2.46. The van der Waals surface area contributed by atoms with Gasteiger partial charge in [-0.3, -0.25) is 4.98 Å². The van der Waals surface area contributed by atoms with Crippen LogP contribution in [-0.2, 0) is 0 Å². The van der Waals surface area contributed by atoms with E-state index >= 15 is 0 Å². The van der Waals surface area contributed by atoms with E-state index in [2.05, 4.69) is 22.1 Å². The average Bonchev–Trinajstić information content (AvgIpc) is 2.43. The fourth-order valence-corrected chi connectivity index (χ4v) is 1.61. The lowest BCUT2D eigenvalue weighted by Crippen LogP contribution is -1.93. The number of nitrogens with one attached hydrogen (secondary N) is 1. The smallest absolute Gasteiger partial charge is 0.0645 e. The van der Waals surface area contributed by atoms with Gasteiger partial charge in [0.25, 0.3) is 0 Å². The van der Waals surface area contributed by atoms with Gasteiger partial charge in [0.15, 0.2) is 0 Å².